The molecule has 0 fully saturated rings. The van der Waals surface area contributed by atoms with Crippen LogP contribution in [0.3, 0.4) is 0 Å². The molecule has 1 aromatic carbocycles. The molecule has 0 aliphatic heterocycles. The predicted octanol–water partition coefficient (Wildman–Crippen LogP) is 3.10. The first-order valence-electron chi connectivity index (χ1n) is 7.20. The van der Waals surface area contributed by atoms with Gasteiger partial charge in [0.2, 0.25) is 0 Å². The zero-order chi connectivity index (χ0) is 15.4. The number of carbonyl (C=O) groups excluding carboxylic acids is 1. The average molecular weight is 293 g/mol. The van der Waals surface area contributed by atoms with Crippen LogP contribution in [0.5, 0.6) is 0 Å². The summed E-state index contributed by atoms with van der Waals surface area (Å²) < 4.78 is 18.5. The number of aliphatic hydroxyl groups excluding tert-OH is 1. The molecule has 0 saturated carbocycles. The third-order valence-corrected chi connectivity index (χ3v) is 3.77. The monoisotopic (exact) mass is 293 g/mol. The maximum atomic E-state index is 13.1. The van der Waals surface area contributed by atoms with Gasteiger partial charge in [0.1, 0.15) is 11.4 Å². The maximum Gasteiger partial charge on any atom is 0.287 e. The van der Waals surface area contributed by atoms with Crippen LogP contribution in [0.2, 0.25) is 0 Å². The Bertz CT molecular complexity index is 619. The van der Waals surface area contributed by atoms with Crippen LogP contribution in [0.15, 0.2) is 28.7 Å². The largest absolute Gasteiger partial charge is 0.451 e. The van der Waals surface area contributed by atoms with E-state index in [0.29, 0.717) is 11.0 Å². The molecule has 4 nitrogen and oxygen atoms in total. The smallest absolute Gasteiger partial charge is 0.287 e. The van der Waals surface area contributed by atoms with Crippen LogP contribution < -0.4 is 5.32 Å². The van der Waals surface area contributed by atoms with Gasteiger partial charge in [-0.1, -0.05) is 26.7 Å². The van der Waals surface area contributed by atoms with Crippen molar-refractivity contribution in [2.24, 2.45) is 5.92 Å². The Balaban J connectivity index is 2.02. The van der Waals surface area contributed by atoms with Gasteiger partial charge in [0.25, 0.3) is 5.91 Å². The lowest BCUT2D eigenvalue weighted by molar-refractivity contribution is 0.0798. The van der Waals surface area contributed by atoms with E-state index >= 15 is 0 Å². The van der Waals surface area contributed by atoms with Crippen molar-refractivity contribution in [1.29, 1.82) is 0 Å². The van der Waals surface area contributed by atoms with Gasteiger partial charge in [0.15, 0.2) is 5.76 Å². The van der Waals surface area contributed by atoms with Crippen molar-refractivity contribution >= 4 is 16.9 Å². The minimum atomic E-state index is -0.578. The Morgan fingerprint density at radius 3 is 2.71 bits per heavy atom. The number of aliphatic hydroxyl groups is 1. The predicted molar refractivity (Wildman–Crippen MR) is 78.6 cm³/mol. The summed E-state index contributed by atoms with van der Waals surface area (Å²) in [5.41, 5.74) is 0.460. The Morgan fingerprint density at radius 1 is 1.33 bits per heavy atom. The number of hydrogen-bond acceptors (Lipinski definition) is 3. The number of halogens is 1. The first kappa shape index (κ1) is 15.5. The van der Waals surface area contributed by atoms with Gasteiger partial charge in [-0.2, -0.15) is 0 Å². The second kappa shape index (κ2) is 6.72. The second-order valence-electron chi connectivity index (χ2n) is 5.15. The first-order chi connectivity index (χ1) is 10.0. The van der Waals surface area contributed by atoms with E-state index in [2.05, 4.69) is 5.32 Å². The van der Waals surface area contributed by atoms with Gasteiger partial charge in [-0.15, -0.1) is 0 Å². The van der Waals surface area contributed by atoms with Gasteiger partial charge in [0.05, 0.1) is 6.10 Å². The highest BCUT2D eigenvalue weighted by molar-refractivity contribution is 5.96. The van der Waals surface area contributed by atoms with Crippen molar-refractivity contribution in [2.75, 3.05) is 6.54 Å². The normalized spacial score (nSPS) is 12.8. The topological polar surface area (TPSA) is 62.5 Å². The van der Waals surface area contributed by atoms with E-state index in [1.807, 2.05) is 13.8 Å². The van der Waals surface area contributed by atoms with Crippen LogP contribution in [-0.4, -0.2) is 23.7 Å². The van der Waals surface area contributed by atoms with E-state index < -0.39 is 12.0 Å². The molecule has 1 heterocycles. The van der Waals surface area contributed by atoms with E-state index in [1.54, 1.807) is 0 Å². The lowest BCUT2D eigenvalue weighted by Gasteiger charge is -2.19. The van der Waals surface area contributed by atoms with Crippen molar-refractivity contribution in [3.8, 4) is 0 Å². The number of furan rings is 1. The lowest BCUT2D eigenvalue weighted by atomic mass is 9.96. The molecule has 1 atom stereocenters. The molecule has 0 spiro atoms. The first-order valence-corrected chi connectivity index (χ1v) is 7.20. The van der Waals surface area contributed by atoms with Crippen LogP contribution in [0, 0.1) is 11.7 Å². The molecule has 0 aliphatic carbocycles. The molecule has 2 rings (SSSR count). The Morgan fingerprint density at radius 2 is 2.05 bits per heavy atom. The van der Waals surface area contributed by atoms with Crippen molar-refractivity contribution in [1.82, 2.24) is 5.32 Å². The standard InChI is InChI=1S/C16H20FNO3/c1-3-10(4-2)13(19)9-18-16(20)15-8-11-7-12(17)5-6-14(11)21-15/h5-8,10,13,19H,3-4,9H2,1-2H3,(H,18,20). The summed E-state index contributed by atoms with van der Waals surface area (Å²) in [5, 5.41) is 13.2. The Hall–Kier alpha value is -1.88. The molecular weight excluding hydrogens is 273 g/mol. The average Bonchev–Trinajstić information content (AvgIpc) is 2.89. The van der Waals surface area contributed by atoms with Crippen molar-refractivity contribution in [3.05, 3.63) is 35.8 Å². The van der Waals surface area contributed by atoms with Gasteiger partial charge in [0, 0.05) is 11.9 Å². The SMILES string of the molecule is CCC(CC)C(O)CNC(=O)c1cc2cc(F)ccc2o1. The molecule has 0 aliphatic rings. The van der Waals surface area contributed by atoms with Crippen LogP contribution in [-0.2, 0) is 0 Å². The van der Waals surface area contributed by atoms with Crippen molar-refractivity contribution < 1.29 is 18.7 Å². The quantitative estimate of drug-likeness (QED) is 0.860. The molecular formula is C16H20FNO3. The fraction of sp³-hybridized carbons (Fsp3) is 0.438. The summed E-state index contributed by atoms with van der Waals surface area (Å²) in [6.07, 6.45) is 1.14. The molecule has 0 radical (unpaired) electrons. The highest BCUT2D eigenvalue weighted by Gasteiger charge is 2.18. The molecule has 0 saturated heterocycles. The number of fused-ring (bicyclic) bond motifs is 1. The summed E-state index contributed by atoms with van der Waals surface area (Å²) in [4.78, 5) is 12.0. The number of carbonyl (C=O) groups is 1. The summed E-state index contributed by atoms with van der Waals surface area (Å²) in [6, 6.07) is 5.58. The molecule has 2 N–H and O–H groups in total. The number of hydrogen-bond donors (Lipinski definition) is 2. The summed E-state index contributed by atoms with van der Waals surface area (Å²) in [7, 11) is 0. The van der Waals surface area contributed by atoms with Crippen LogP contribution in [0.4, 0.5) is 4.39 Å². The summed E-state index contributed by atoms with van der Waals surface area (Å²) >= 11 is 0. The molecule has 2 aromatic rings. The second-order valence-corrected chi connectivity index (χ2v) is 5.15. The van der Waals surface area contributed by atoms with Crippen LogP contribution in [0.25, 0.3) is 11.0 Å². The van der Waals surface area contributed by atoms with Crippen molar-refractivity contribution in [3.63, 3.8) is 0 Å². The fourth-order valence-corrected chi connectivity index (χ4v) is 2.41. The molecule has 1 unspecified atom stereocenters. The molecule has 21 heavy (non-hydrogen) atoms. The summed E-state index contributed by atoms with van der Waals surface area (Å²) in [5.74, 6) is -0.501. The van der Waals surface area contributed by atoms with Crippen LogP contribution >= 0.6 is 0 Å². The highest BCUT2D eigenvalue weighted by Crippen LogP contribution is 2.20. The third-order valence-electron chi connectivity index (χ3n) is 3.77. The van der Waals surface area contributed by atoms with Crippen molar-refractivity contribution in [2.45, 2.75) is 32.8 Å². The Labute approximate surface area is 122 Å². The number of nitrogens with one attached hydrogen (secondary N) is 1. The van der Waals surface area contributed by atoms with E-state index in [1.165, 1.54) is 24.3 Å². The van der Waals surface area contributed by atoms with E-state index in [4.69, 9.17) is 4.42 Å². The zero-order valence-corrected chi connectivity index (χ0v) is 12.2. The number of amides is 1. The minimum absolute atomic E-state index is 0.118. The number of benzene rings is 1. The van der Waals surface area contributed by atoms with Gasteiger partial charge in [-0.25, -0.2) is 4.39 Å². The Kier molecular flexibility index (Phi) is 4.96. The van der Waals surface area contributed by atoms with Gasteiger partial charge in [-0.3, -0.25) is 4.79 Å². The zero-order valence-electron chi connectivity index (χ0n) is 12.2. The molecule has 0 bridgehead atoms. The maximum absolute atomic E-state index is 13.1. The van der Waals surface area contributed by atoms with E-state index in [0.717, 1.165) is 12.8 Å². The van der Waals surface area contributed by atoms with E-state index in [-0.39, 0.29) is 24.0 Å². The van der Waals surface area contributed by atoms with Crippen LogP contribution in [0.1, 0.15) is 37.2 Å². The fourth-order valence-electron chi connectivity index (χ4n) is 2.41. The van der Waals surface area contributed by atoms with Gasteiger partial charge in [-0.05, 0) is 30.2 Å². The summed E-state index contributed by atoms with van der Waals surface area (Å²) in [6.45, 7) is 4.19. The number of rotatable bonds is 6. The lowest BCUT2D eigenvalue weighted by Crippen LogP contribution is -2.35. The minimum Gasteiger partial charge on any atom is -0.451 e. The molecule has 114 valence electrons. The molecule has 1 amide bonds. The molecule has 1 aromatic heterocycles. The molecule has 5 heteroatoms. The van der Waals surface area contributed by atoms with E-state index in [9.17, 15) is 14.3 Å². The third kappa shape index (κ3) is 3.61. The highest BCUT2D eigenvalue weighted by atomic mass is 19.1. The van der Waals surface area contributed by atoms with Gasteiger partial charge < -0.3 is 14.8 Å². The van der Waals surface area contributed by atoms with Gasteiger partial charge >= 0.3 is 0 Å².